The van der Waals surface area contributed by atoms with Gasteiger partial charge in [0.15, 0.2) is 0 Å². The van der Waals surface area contributed by atoms with Crippen molar-refractivity contribution < 1.29 is 14.3 Å². The van der Waals surface area contributed by atoms with E-state index in [1.165, 1.54) is 0 Å². The van der Waals surface area contributed by atoms with Crippen LogP contribution in [-0.4, -0.2) is 52.2 Å². The molecule has 1 aliphatic carbocycles. The maximum atomic E-state index is 12.6. The van der Waals surface area contributed by atoms with Crippen LogP contribution < -0.4 is 10.1 Å². The molecule has 1 aliphatic heterocycles. The minimum atomic E-state index is -0.417. The molecule has 1 saturated carbocycles. The lowest BCUT2D eigenvalue weighted by Crippen LogP contribution is -2.49. The van der Waals surface area contributed by atoms with Gasteiger partial charge in [-0.15, -0.1) is 0 Å². The van der Waals surface area contributed by atoms with Crippen molar-refractivity contribution >= 4 is 11.8 Å². The number of aryl methyl sites for hydroxylation is 1. The Labute approximate surface area is 171 Å². The van der Waals surface area contributed by atoms with E-state index < -0.39 is 5.60 Å². The number of nitrogens with zero attached hydrogens (tertiary/aromatic N) is 3. The van der Waals surface area contributed by atoms with Gasteiger partial charge < -0.3 is 15.0 Å². The zero-order valence-corrected chi connectivity index (χ0v) is 17.1. The number of rotatable bonds is 4. The van der Waals surface area contributed by atoms with Crippen molar-refractivity contribution in [1.82, 2.24) is 20.0 Å². The van der Waals surface area contributed by atoms with Crippen LogP contribution in [0.15, 0.2) is 36.5 Å². The van der Waals surface area contributed by atoms with Gasteiger partial charge in [0, 0.05) is 31.4 Å². The quantitative estimate of drug-likeness (QED) is 0.861. The highest BCUT2D eigenvalue weighted by atomic mass is 16.5. The Morgan fingerprint density at radius 3 is 2.76 bits per heavy atom. The molecule has 1 N–H and O–H groups in total. The van der Waals surface area contributed by atoms with Crippen molar-refractivity contribution in [2.24, 2.45) is 5.92 Å². The van der Waals surface area contributed by atoms with Crippen molar-refractivity contribution in [1.29, 1.82) is 0 Å². The number of amides is 2. The minimum Gasteiger partial charge on any atom is -0.485 e. The number of carbonyl (C=O) groups is 2. The monoisotopic (exact) mass is 396 g/mol. The van der Waals surface area contributed by atoms with E-state index in [0.717, 1.165) is 31.4 Å². The molecule has 2 amide bonds. The molecule has 7 nitrogen and oxygen atoms in total. The van der Waals surface area contributed by atoms with Crippen molar-refractivity contribution in [2.75, 3.05) is 20.1 Å². The Bertz CT molecular complexity index is 899. The van der Waals surface area contributed by atoms with Crippen LogP contribution in [0, 0.1) is 12.8 Å². The van der Waals surface area contributed by atoms with Crippen molar-refractivity contribution in [2.45, 2.75) is 44.8 Å². The van der Waals surface area contributed by atoms with Gasteiger partial charge in [-0.25, -0.2) is 0 Å². The zero-order valence-electron chi connectivity index (χ0n) is 17.1. The number of nitrogens with one attached hydrogen (secondary N) is 1. The summed E-state index contributed by atoms with van der Waals surface area (Å²) in [7, 11) is 1.83. The molecule has 29 heavy (non-hydrogen) atoms. The second-order valence-corrected chi connectivity index (χ2v) is 8.20. The molecule has 4 rings (SSSR count). The third-order valence-electron chi connectivity index (χ3n) is 6.14. The van der Waals surface area contributed by atoms with Crippen LogP contribution in [0.1, 0.15) is 41.7 Å². The summed E-state index contributed by atoms with van der Waals surface area (Å²) in [6.07, 6.45) is 4.81. The molecule has 0 bridgehead atoms. The summed E-state index contributed by atoms with van der Waals surface area (Å²) < 4.78 is 8.28. The first-order valence-corrected chi connectivity index (χ1v) is 10.3. The van der Waals surface area contributed by atoms with Gasteiger partial charge in [-0.1, -0.05) is 12.1 Å². The molecule has 2 heterocycles. The first-order valence-electron chi connectivity index (χ1n) is 10.3. The van der Waals surface area contributed by atoms with Crippen molar-refractivity contribution in [3.05, 3.63) is 47.8 Å². The largest absolute Gasteiger partial charge is 0.485 e. The van der Waals surface area contributed by atoms with Crippen LogP contribution >= 0.6 is 0 Å². The van der Waals surface area contributed by atoms with Crippen molar-refractivity contribution in [3.63, 3.8) is 0 Å². The standard InChI is InChI=1S/C22H28N4O3/c1-16-9-12-24-26(16)14-13-23-20(27)17-7-10-22(11-8-17)15-25(2)21(28)18-5-3-4-6-19(18)29-22/h3-6,9,12,17H,7-8,10-11,13-15H2,1-2H3,(H,23,27). The fourth-order valence-electron chi connectivity index (χ4n) is 4.44. The third kappa shape index (κ3) is 3.99. The van der Waals surface area contributed by atoms with Gasteiger partial charge in [0.1, 0.15) is 11.4 Å². The van der Waals surface area contributed by atoms with Crippen LogP contribution in [0.2, 0.25) is 0 Å². The Morgan fingerprint density at radius 2 is 2.03 bits per heavy atom. The average Bonchev–Trinajstić information content (AvgIpc) is 3.09. The number of hydrogen-bond donors (Lipinski definition) is 1. The Kier molecular flexibility index (Phi) is 5.30. The molecule has 2 aromatic rings. The highest BCUT2D eigenvalue weighted by Crippen LogP contribution is 2.39. The van der Waals surface area contributed by atoms with E-state index in [2.05, 4.69) is 10.4 Å². The molecule has 0 radical (unpaired) electrons. The molecule has 1 fully saturated rings. The molecule has 2 aliphatic rings. The topological polar surface area (TPSA) is 76.5 Å². The molecule has 1 aromatic heterocycles. The lowest BCUT2D eigenvalue weighted by molar-refractivity contribution is -0.127. The molecule has 0 unspecified atom stereocenters. The second-order valence-electron chi connectivity index (χ2n) is 8.20. The average molecular weight is 396 g/mol. The van der Waals surface area contributed by atoms with Gasteiger partial charge in [0.2, 0.25) is 5.91 Å². The van der Waals surface area contributed by atoms with E-state index in [0.29, 0.717) is 30.9 Å². The minimum absolute atomic E-state index is 0.00810. The zero-order chi connectivity index (χ0) is 20.4. The predicted octanol–water partition coefficient (Wildman–Crippen LogP) is 2.40. The highest BCUT2D eigenvalue weighted by Gasteiger charge is 2.43. The fourth-order valence-corrected chi connectivity index (χ4v) is 4.44. The molecule has 0 saturated heterocycles. The second kappa shape index (κ2) is 7.89. The van der Waals surface area contributed by atoms with Crippen LogP contribution in [-0.2, 0) is 11.3 Å². The molecule has 1 spiro atoms. The number of likely N-dealkylation sites (N-methyl/N-ethyl adjacent to an activating group) is 1. The van der Waals surface area contributed by atoms with E-state index in [-0.39, 0.29) is 17.7 Å². The van der Waals surface area contributed by atoms with E-state index in [1.807, 2.05) is 49.0 Å². The summed E-state index contributed by atoms with van der Waals surface area (Å²) in [6.45, 7) is 3.80. The van der Waals surface area contributed by atoms with E-state index >= 15 is 0 Å². The summed E-state index contributed by atoms with van der Waals surface area (Å²) in [4.78, 5) is 27.0. The maximum absolute atomic E-state index is 12.6. The summed E-state index contributed by atoms with van der Waals surface area (Å²) in [6, 6.07) is 9.39. The number of para-hydroxylation sites is 1. The van der Waals surface area contributed by atoms with Gasteiger partial charge in [-0.05, 0) is 50.8 Å². The number of fused-ring (bicyclic) bond motifs is 1. The Hall–Kier alpha value is -2.83. The first kappa shape index (κ1) is 19.5. The first-order chi connectivity index (χ1) is 14.0. The van der Waals surface area contributed by atoms with Gasteiger partial charge >= 0.3 is 0 Å². The highest BCUT2D eigenvalue weighted by molar-refractivity contribution is 5.97. The number of aromatic nitrogens is 2. The van der Waals surface area contributed by atoms with E-state index in [9.17, 15) is 9.59 Å². The number of ether oxygens (including phenoxy) is 1. The van der Waals surface area contributed by atoms with Crippen LogP contribution in [0.5, 0.6) is 5.75 Å². The van der Waals surface area contributed by atoms with Crippen LogP contribution in [0.25, 0.3) is 0 Å². The number of hydrogen-bond acceptors (Lipinski definition) is 4. The Morgan fingerprint density at radius 1 is 1.28 bits per heavy atom. The maximum Gasteiger partial charge on any atom is 0.257 e. The molecule has 1 aromatic carbocycles. The molecular weight excluding hydrogens is 368 g/mol. The molecule has 7 heteroatoms. The van der Waals surface area contributed by atoms with Gasteiger partial charge in [-0.2, -0.15) is 5.10 Å². The Balaban J connectivity index is 1.35. The van der Waals surface area contributed by atoms with Crippen molar-refractivity contribution in [3.8, 4) is 5.75 Å². The van der Waals surface area contributed by atoms with Crippen LogP contribution in [0.3, 0.4) is 0 Å². The number of benzene rings is 1. The molecule has 154 valence electrons. The predicted molar refractivity (Wildman–Crippen MR) is 109 cm³/mol. The summed E-state index contributed by atoms with van der Waals surface area (Å²) in [5.74, 6) is 0.733. The molecular formula is C22H28N4O3. The van der Waals surface area contributed by atoms with Gasteiger partial charge in [0.05, 0.1) is 18.7 Å². The third-order valence-corrected chi connectivity index (χ3v) is 6.14. The van der Waals surface area contributed by atoms with Gasteiger partial charge in [0.25, 0.3) is 5.91 Å². The summed E-state index contributed by atoms with van der Waals surface area (Å²) >= 11 is 0. The van der Waals surface area contributed by atoms with E-state index in [4.69, 9.17) is 4.74 Å². The normalized spacial score (nSPS) is 24.0. The summed E-state index contributed by atoms with van der Waals surface area (Å²) in [5.41, 5.74) is 1.28. The van der Waals surface area contributed by atoms with Crippen LogP contribution in [0.4, 0.5) is 0 Å². The van der Waals surface area contributed by atoms with Gasteiger partial charge in [-0.3, -0.25) is 14.3 Å². The lowest BCUT2D eigenvalue weighted by Gasteiger charge is -2.40. The smallest absolute Gasteiger partial charge is 0.257 e. The SMILES string of the molecule is Cc1ccnn1CCNC(=O)C1CCC2(CC1)CN(C)C(=O)c1ccccc1O2. The lowest BCUT2D eigenvalue weighted by atomic mass is 9.78. The fraction of sp³-hybridized carbons (Fsp3) is 0.500. The number of carbonyl (C=O) groups excluding carboxylic acids is 2. The summed E-state index contributed by atoms with van der Waals surface area (Å²) in [5, 5.41) is 7.29. The molecule has 0 atom stereocenters. The van der Waals surface area contributed by atoms with E-state index in [1.54, 1.807) is 11.1 Å².